The average molecular weight is 201 g/mol. The summed E-state index contributed by atoms with van der Waals surface area (Å²) in [5.74, 6) is -1.08. The number of carbonyl (C=O) groups is 1. The van der Waals surface area contributed by atoms with Gasteiger partial charge in [0.15, 0.2) is 0 Å². The maximum absolute atomic E-state index is 12.3. The van der Waals surface area contributed by atoms with Gasteiger partial charge in [-0.15, -0.1) is 0 Å². The van der Waals surface area contributed by atoms with Crippen LogP contribution in [-0.2, 0) is 11.2 Å². The van der Waals surface area contributed by atoms with Crippen molar-refractivity contribution in [3.05, 3.63) is 29.1 Å². The molecule has 0 spiro atoms. The number of aliphatic carboxylic acids is 1. The molecule has 0 aromatic carbocycles. The highest BCUT2D eigenvalue weighted by Gasteiger charge is 2.11. The molecule has 0 saturated heterocycles. The van der Waals surface area contributed by atoms with Crippen molar-refractivity contribution in [2.75, 3.05) is 0 Å². The molecule has 0 aliphatic carbocycles. The van der Waals surface area contributed by atoms with Crippen LogP contribution in [0.1, 0.15) is 23.4 Å². The number of hydrogen-bond acceptors (Lipinski definition) is 2. The van der Waals surface area contributed by atoms with Gasteiger partial charge >= 0.3 is 5.97 Å². The average Bonchev–Trinajstić information content (AvgIpc) is 2.01. The number of alkyl halides is 2. The number of hydrogen-bond donors (Lipinski definition) is 1. The second-order valence-corrected chi connectivity index (χ2v) is 2.90. The quantitative estimate of drug-likeness (QED) is 0.813. The lowest BCUT2D eigenvalue weighted by Crippen LogP contribution is -2.04. The van der Waals surface area contributed by atoms with Crippen LogP contribution in [0.15, 0.2) is 12.1 Å². The molecule has 1 N–H and O–H groups in total. The van der Waals surface area contributed by atoms with Crippen LogP contribution in [0.5, 0.6) is 0 Å². The Labute approximate surface area is 79.4 Å². The first-order valence-corrected chi connectivity index (χ1v) is 3.96. The Morgan fingerprint density at radius 2 is 2.21 bits per heavy atom. The molecule has 0 fully saturated rings. The van der Waals surface area contributed by atoms with Crippen LogP contribution in [0, 0.1) is 6.92 Å². The van der Waals surface area contributed by atoms with Gasteiger partial charge in [-0.2, -0.15) is 0 Å². The lowest BCUT2D eigenvalue weighted by atomic mass is 10.1. The topological polar surface area (TPSA) is 50.2 Å². The van der Waals surface area contributed by atoms with E-state index >= 15 is 0 Å². The van der Waals surface area contributed by atoms with Crippen LogP contribution in [0.25, 0.3) is 0 Å². The molecule has 1 aromatic heterocycles. The van der Waals surface area contributed by atoms with Crippen molar-refractivity contribution in [2.24, 2.45) is 0 Å². The molecule has 1 rings (SSSR count). The summed E-state index contributed by atoms with van der Waals surface area (Å²) in [6.07, 6.45) is -2.93. The smallest absolute Gasteiger partial charge is 0.309 e. The van der Waals surface area contributed by atoms with Crippen LogP contribution < -0.4 is 0 Å². The predicted octanol–water partition coefficient (Wildman–Crippen LogP) is 1.95. The zero-order chi connectivity index (χ0) is 10.7. The standard InChI is InChI=1S/C9H9F2NO2/c1-5-2-6(9(10)11)3-7(12-5)4-8(13)14/h2-3,9H,4H2,1H3,(H,13,14). The molecule has 1 aromatic rings. The van der Waals surface area contributed by atoms with Gasteiger partial charge < -0.3 is 5.11 Å². The fourth-order valence-corrected chi connectivity index (χ4v) is 1.14. The zero-order valence-corrected chi connectivity index (χ0v) is 7.50. The minimum absolute atomic E-state index is 0.160. The van der Waals surface area contributed by atoms with Crippen LogP contribution in [0.4, 0.5) is 8.78 Å². The van der Waals surface area contributed by atoms with Gasteiger partial charge in [0.2, 0.25) is 0 Å². The fourth-order valence-electron chi connectivity index (χ4n) is 1.14. The van der Waals surface area contributed by atoms with E-state index in [0.29, 0.717) is 5.69 Å². The molecule has 14 heavy (non-hydrogen) atoms. The second kappa shape index (κ2) is 4.13. The number of halogens is 2. The van der Waals surface area contributed by atoms with Crippen molar-refractivity contribution < 1.29 is 18.7 Å². The number of rotatable bonds is 3. The highest BCUT2D eigenvalue weighted by atomic mass is 19.3. The first kappa shape index (κ1) is 10.6. The Balaban J connectivity index is 3.01. The number of aryl methyl sites for hydroxylation is 1. The van der Waals surface area contributed by atoms with Crippen molar-refractivity contribution in [3.8, 4) is 0 Å². The third-order valence-corrected chi connectivity index (χ3v) is 1.61. The van der Waals surface area contributed by atoms with Crippen LogP contribution in [0.2, 0.25) is 0 Å². The van der Waals surface area contributed by atoms with Gasteiger partial charge in [0.1, 0.15) is 0 Å². The minimum Gasteiger partial charge on any atom is -0.481 e. The third kappa shape index (κ3) is 2.76. The summed E-state index contributed by atoms with van der Waals surface area (Å²) >= 11 is 0. The Bertz CT molecular complexity index is 353. The highest BCUT2D eigenvalue weighted by molar-refractivity contribution is 5.69. The van der Waals surface area contributed by atoms with Gasteiger partial charge in [-0.25, -0.2) is 8.78 Å². The van der Waals surface area contributed by atoms with E-state index in [1.165, 1.54) is 6.07 Å². The van der Waals surface area contributed by atoms with Gasteiger partial charge in [0.25, 0.3) is 6.43 Å². The van der Waals surface area contributed by atoms with Gasteiger partial charge in [-0.3, -0.25) is 9.78 Å². The monoisotopic (exact) mass is 201 g/mol. The van der Waals surface area contributed by atoms with Gasteiger partial charge in [-0.05, 0) is 19.1 Å². The first-order chi connectivity index (χ1) is 6.49. The molecule has 0 bridgehead atoms. The number of nitrogens with zero attached hydrogens (tertiary/aromatic N) is 1. The molecule has 0 unspecified atom stereocenters. The molecule has 5 heteroatoms. The molecule has 0 radical (unpaired) electrons. The van der Waals surface area contributed by atoms with Crippen LogP contribution >= 0.6 is 0 Å². The molecule has 0 amide bonds. The molecule has 3 nitrogen and oxygen atoms in total. The van der Waals surface area contributed by atoms with Gasteiger partial charge in [0, 0.05) is 11.3 Å². The summed E-state index contributed by atoms with van der Waals surface area (Å²) in [6.45, 7) is 1.55. The number of carboxylic acid groups (broad SMARTS) is 1. The Morgan fingerprint density at radius 3 is 2.71 bits per heavy atom. The number of aromatic nitrogens is 1. The summed E-state index contributed by atoms with van der Waals surface area (Å²) in [5, 5.41) is 8.46. The molecule has 0 aliphatic rings. The molecule has 0 atom stereocenters. The first-order valence-electron chi connectivity index (χ1n) is 3.96. The Morgan fingerprint density at radius 1 is 1.57 bits per heavy atom. The second-order valence-electron chi connectivity index (χ2n) is 2.90. The van der Waals surface area contributed by atoms with E-state index in [9.17, 15) is 13.6 Å². The summed E-state index contributed by atoms with van der Waals surface area (Å²) < 4.78 is 24.6. The maximum atomic E-state index is 12.3. The van der Waals surface area contributed by atoms with Crippen LogP contribution in [-0.4, -0.2) is 16.1 Å². The molecule has 1 heterocycles. The lowest BCUT2D eigenvalue weighted by Gasteiger charge is -2.04. The van der Waals surface area contributed by atoms with E-state index in [1.807, 2.05) is 0 Å². The van der Waals surface area contributed by atoms with E-state index in [0.717, 1.165) is 6.07 Å². The summed E-state index contributed by atoms with van der Waals surface area (Å²) in [5.41, 5.74) is 0.376. The van der Waals surface area contributed by atoms with Crippen molar-refractivity contribution in [1.82, 2.24) is 4.98 Å². The molecular formula is C9H9F2NO2. The number of pyridine rings is 1. The predicted molar refractivity (Wildman–Crippen MR) is 45.3 cm³/mol. The Hall–Kier alpha value is -1.52. The normalized spacial score (nSPS) is 10.6. The van der Waals surface area contributed by atoms with E-state index in [1.54, 1.807) is 6.92 Å². The van der Waals surface area contributed by atoms with Crippen molar-refractivity contribution in [3.63, 3.8) is 0 Å². The van der Waals surface area contributed by atoms with Gasteiger partial charge in [0.05, 0.1) is 12.1 Å². The zero-order valence-electron chi connectivity index (χ0n) is 7.50. The third-order valence-electron chi connectivity index (χ3n) is 1.61. The van der Waals surface area contributed by atoms with Gasteiger partial charge in [-0.1, -0.05) is 0 Å². The van der Waals surface area contributed by atoms with E-state index in [4.69, 9.17) is 5.11 Å². The van der Waals surface area contributed by atoms with Crippen molar-refractivity contribution in [2.45, 2.75) is 19.8 Å². The summed E-state index contributed by atoms with van der Waals surface area (Å²) in [6, 6.07) is 2.36. The SMILES string of the molecule is Cc1cc(C(F)F)cc(CC(=O)O)n1. The molecule has 0 saturated carbocycles. The molecule has 76 valence electrons. The van der Waals surface area contributed by atoms with Crippen molar-refractivity contribution >= 4 is 5.97 Å². The number of carboxylic acids is 1. The van der Waals surface area contributed by atoms with E-state index in [2.05, 4.69) is 4.98 Å². The largest absolute Gasteiger partial charge is 0.481 e. The summed E-state index contributed by atoms with van der Waals surface area (Å²) in [7, 11) is 0. The molecular weight excluding hydrogens is 192 g/mol. The highest BCUT2D eigenvalue weighted by Crippen LogP contribution is 2.19. The maximum Gasteiger partial charge on any atom is 0.309 e. The Kier molecular flexibility index (Phi) is 3.11. The van der Waals surface area contributed by atoms with Crippen molar-refractivity contribution in [1.29, 1.82) is 0 Å². The lowest BCUT2D eigenvalue weighted by molar-refractivity contribution is -0.136. The van der Waals surface area contributed by atoms with E-state index < -0.39 is 12.4 Å². The van der Waals surface area contributed by atoms with Crippen LogP contribution in [0.3, 0.4) is 0 Å². The molecule has 0 aliphatic heterocycles. The van der Waals surface area contributed by atoms with E-state index in [-0.39, 0.29) is 17.7 Å². The minimum atomic E-state index is -2.59. The summed E-state index contributed by atoms with van der Waals surface area (Å²) in [4.78, 5) is 14.2. The fraction of sp³-hybridized carbons (Fsp3) is 0.333.